The average Bonchev–Trinajstić information content (AvgIpc) is 3.57. The number of quaternary nitrogens is 1. The maximum absolute atomic E-state index is 13.7. The molecule has 0 spiro atoms. The van der Waals surface area contributed by atoms with Crippen molar-refractivity contribution in [3.8, 4) is 0 Å². The monoisotopic (exact) mass is 1290 g/mol. The molecule has 90 heavy (non-hydrogen) atoms. The fourth-order valence-electron chi connectivity index (χ4n) is 12.8. The number of rotatable bonds is 76. The zero-order valence-electron chi connectivity index (χ0n) is 61.7. The first kappa shape index (κ1) is 88.8. The van der Waals surface area contributed by atoms with Crippen LogP contribution < -0.4 is 5.32 Å². The van der Waals surface area contributed by atoms with Crippen LogP contribution >= 0.6 is 7.82 Å². The van der Waals surface area contributed by atoms with Gasteiger partial charge in [0.05, 0.1) is 33.8 Å². The lowest BCUT2D eigenvalue weighted by Crippen LogP contribution is -2.47. The molecule has 0 aliphatic heterocycles. The van der Waals surface area contributed by atoms with Crippen molar-refractivity contribution in [2.75, 3.05) is 40.9 Å². The number of likely N-dealkylation sites (N-methyl/N-ethyl adjacent to an activating group) is 1. The maximum Gasteiger partial charge on any atom is 0.472 e. The van der Waals surface area contributed by atoms with Gasteiger partial charge in [0.15, 0.2) is 0 Å². The van der Waals surface area contributed by atoms with Gasteiger partial charge in [-0.15, -0.1) is 0 Å². The highest BCUT2D eigenvalue weighted by Gasteiger charge is 2.30. The fourth-order valence-corrected chi connectivity index (χ4v) is 13.5. The van der Waals surface area contributed by atoms with Gasteiger partial charge in [0.25, 0.3) is 0 Å². The van der Waals surface area contributed by atoms with Crippen LogP contribution in [-0.4, -0.2) is 74.3 Å². The molecule has 3 atom stereocenters. The summed E-state index contributed by atoms with van der Waals surface area (Å²) in [5.41, 5.74) is 0. The van der Waals surface area contributed by atoms with Crippen molar-refractivity contribution in [3.63, 3.8) is 0 Å². The Hall–Kier alpha value is -1.25. The molecule has 0 aliphatic carbocycles. The lowest BCUT2D eigenvalue weighted by atomic mass is 10.0. The summed E-state index contributed by atoms with van der Waals surface area (Å²) in [5.74, 6) is -0.472. The molecule has 0 aromatic carbocycles. The van der Waals surface area contributed by atoms with Gasteiger partial charge in [-0.2, -0.15) is 0 Å². The maximum atomic E-state index is 13.7. The molecule has 3 unspecified atom stereocenters. The average molecular weight is 1290 g/mol. The summed E-state index contributed by atoms with van der Waals surface area (Å²) in [4.78, 5) is 38.0. The topological polar surface area (TPSA) is 111 Å². The molecule has 0 saturated carbocycles. The summed E-state index contributed by atoms with van der Waals surface area (Å²) >= 11 is 0. The molecule has 0 heterocycles. The number of ether oxygens (including phenoxy) is 1. The molecular weight excluding hydrogens is 1130 g/mol. The fraction of sp³-hybridized carbons (Fsp3) is 0.950. The third-order valence-electron chi connectivity index (χ3n) is 19.0. The summed E-state index contributed by atoms with van der Waals surface area (Å²) < 4.78 is 30.9. The van der Waals surface area contributed by atoms with E-state index in [-0.39, 0.29) is 25.1 Å². The molecular formula is C80H160N2O7P+. The third kappa shape index (κ3) is 71.1. The van der Waals surface area contributed by atoms with Gasteiger partial charge in [0.2, 0.25) is 5.91 Å². The number of nitrogens with one attached hydrogen (secondary N) is 1. The smallest absolute Gasteiger partial charge is 0.456 e. The van der Waals surface area contributed by atoms with E-state index >= 15 is 0 Å². The minimum atomic E-state index is -4.45. The van der Waals surface area contributed by atoms with Crippen molar-refractivity contribution in [1.29, 1.82) is 0 Å². The van der Waals surface area contributed by atoms with E-state index in [1.807, 2.05) is 27.2 Å². The minimum Gasteiger partial charge on any atom is -0.456 e. The highest BCUT2D eigenvalue weighted by molar-refractivity contribution is 7.47. The molecule has 0 fully saturated rings. The molecule has 10 heteroatoms. The SMILES string of the molecule is CCCCCCCCCCCC/C=C/C(OC(=O)CCCCCCCCCCCCCCCCCCCCCCCCCCC)C(COP(=O)(O)OCC[N+](C)(C)C)NC(=O)CCCCCCCCCCCCCCCCCCCCCCCCCCCCC. The zero-order valence-corrected chi connectivity index (χ0v) is 62.6. The number of hydrogen-bond acceptors (Lipinski definition) is 6. The van der Waals surface area contributed by atoms with Crippen LogP contribution in [0.3, 0.4) is 0 Å². The summed E-state index contributed by atoms with van der Waals surface area (Å²) in [6, 6.07) is -0.842. The standard InChI is InChI=1S/C80H159N2O7P/c1-7-10-13-16-19-22-25-28-30-32-34-36-38-40-41-43-44-46-48-50-52-54-57-60-63-66-69-72-79(83)81-77(76-88-90(85,86)87-75-74-82(4,5)6)78(71-68-65-62-59-56-27-24-21-18-15-12-9-3)89-80(84)73-70-67-64-61-58-55-53-51-49-47-45-42-39-37-35-33-31-29-26-23-20-17-14-11-8-2/h68,71,77-78H,7-67,69-70,72-76H2,1-6H3,(H-,81,83,85,86)/p+1/b71-68+. The van der Waals surface area contributed by atoms with Crippen LogP contribution in [-0.2, 0) is 27.9 Å². The number of esters is 1. The number of allylic oxidation sites excluding steroid dienone is 1. The van der Waals surface area contributed by atoms with E-state index in [1.165, 1.54) is 347 Å². The van der Waals surface area contributed by atoms with Crippen molar-refractivity contribution < 1.29 is 37.3 Å². The first-order valence-corrected chi connectivity index (χ1v) is 42.0. The second-order valence-electron chi connectivity index (χ2n) is 29.3. The number of phosphoric ester groups is 1. The highest BCUT2D eigenvalue weighted by atomic mass is 31.2. The molecule has 1 amide bonds. The van der Waals surface area contributed by atoms with Crippen LogP contribution in [0.2, 0.25) is 0 Å². The number of unbranched alkanes of at least 4 members (excludes halogenated alkanes) is 60. The van der Waals surface area contributed by atoms with Gasteiger partial charge in [-0.3, -0.25) is 18.6 Å². The first-order chi connectivity index (χ1) is 43.9. The molecule has 0 bridgehead atoms. The number of hydrogen-bond donors (Lipinski definition) is 2. The lowest BCUT2D eigenvalue weighted by Gasteiger charge is -2.27. The van der Waals surface area contributed by atoms with E-state index in [4.69, 9.17) is 13.8 Å². The van der Waals surface area contributed by atoms with Crippen LogP contribution in [0.4, 0.5) is 0 Å². The van der Waals surface area contributed by atoms with E-state index < -0.39 is 20.0 Å². The Morgan fingerprint density at radius 1 is 0.378 bits per heavy atom. The van der Waals surface area contributed by atoms with E-state index in [1.54, 1.807) is 0 Å². The summed E-state index contributed by atoms with van der Waals surface area (Å²) in [6.07, 6.45) is 86.9. The van der Waals surface area contributed by atoms with Gasteiger partial charge in [0.1, 0.15) is 19.3 Å². The van der Waals surface area contributed by atoms with Crippen LogP contribution in [0.1, 0.15) is 438 Å². The molecule has 2 N–H and O–H groups in total. The van der Waals surface area contributed by atoms with Gasteiger partial charge in [-0.25, -0.2) is 4.57 Å². The summed E-state index contributed by atoms with van der Waals surface area (Å²) in [5, 5.41) is 3.09. The molecule has 9 nitrogen and oxygen atoms in total. The number of phosphoric acid groups is 1. The first-order valence-electron chi connectivity index (χ1n) is 40.5. The normalized spacial score (nSPS) is 13.4. The Kier molecular flexibility index (Phi) is 69.6. The quantitative estimate of drug-likeness (QED) is 0.0205. The Morgan fingerprint density at radius 2 is 0.633 bits per heavy atom. The van der Waals surface area contributed by atoms with Gasteiger partial charge in [0, 0.05) is 12.8 Å². The summed E-state index contributed by atoms with van der Waals surface area (Å²) in [6.45, 7) is 7.11. The number of nitrogens with zero attached hydrogens (tertiary/aromatic N) is 1. The van der Waals surface area contributed by atoms with Crippen LogP contribution in [0.25, 0.3) is 0 Å². The molecule has 0 radical (unpaired) electrons. The van der Waals surface area contributed by atoms with Gasteiger partial charge in [-0.05, 0) is 31.8 Å². The zero-order chi connectivity index (χ0) is 65.6. The van der Waals surface area contributed by atoms with Crippen molar-refractivity contribution in [3.05, 3.63) is 12.2 Å². The highest BCUT2D eigenvalue weighted by Crippen LogP contribution is 2.43. The molecule has 0 aliphatic rings. The number of amides is 1. The predicted octanol–water partition coefficient (Wildman–Crippen LogP) is 26.2. The molecule has 0 rings (SSSR count). The number of carbonyl (C=O) groups is 2. The van der Waals surface area contributed by atoms with E-state index in [2.05, 4.69) is 32.2 Å². The van der Waals surface area contributed by atoms with Gasteiger partial charge in [-0.1, -0.05) is 406 Å². The Morgan fingerprint density at radius 3 is 0.911 bits per heavy atom. The van der Waals surface area contributed by atoms with Gasteiger partial charge < -0.3 is 19.4 Å². The Labute approximate surface area is 562 Å². The van der Waals surface area contributed by atoms with E-state index in [9.17, 15) is 19.0 Å². The molecule has 536 valence electrons. The molecule has 0 aromatic rings. The lowest BCUT2D eigenvalue weighted by molar-refractivity contribution is -0.870. The van der Waals surface area contributed by atoms with Crippen LogP contribution in [0.5, 0.6) is 0 Å². The van der Waals surface area contributed by atoms with E-state index in [0.29, 0.717) is 23.9 Å². The van der Waals surface area contributed by atoms with Crippen molar-refractivity contribution in [1.82, 2.24) is 5.32 Å². The van der Waals surface area contributed by atoms with Crippen LogP contribution in [0.15, 0.2) is 12.2 Å². The third-order valence-corrected chi connectivity index (χ3v) is 20.0. The van der Waals surface area contributed by atoms with Crippen molar-refractivity contribution >= 4 is 19.7 Å². The largest absolute Gasteiger partial charge is 0.472 e. The van der Waals surface area contributed by atoms with Gasteiger partial charge >= 0.3 is 13.8 Å². The van der Waals surface area contributed by atoms with Crippen molar-refractivity contribution in [2.24, 2.45) is 0 Å². The molecule has 0 saturated heterocycles. The Bertz CT molecular complexity index is 1540. The van der Waals surface area contributed by atoms with Crippen molar-refractivity contribution in [2.45, 2.75) is 450 Å². The van der Waals surface area contributed by atoms with E-state index in [0.717, 1.165) is 57.8 Å². The second kappa shape index (κ2) is 70.5. The van der Waals surface area contributed by atoms with Crippen LogP contribution in [0, 0.1) is 0 Å². The predicted molar refractivity (Wildman–Crippen MR) is 393 cm³/mol. The Balaban J connectivity index is 4.85. The summed E-state index contributed by atoms with van der Waals surface area (Å²) in [7, 11) is 1.53. The molecule has 0 aromatic heterocycles. The minimum absolute atomic E-state index is 0.0464. The number of carbonyl (C=O) groups excluding carboxylic acids is 2. The second-order valence-corrected chi connectivity index (χ2v) is 30.8.